The molecule has 6 N–H and O–H groups in total. The normalized spacial score (nSPS) is 19.3. The van der Waals surface area contributed by atoms with Gasteiger partial charge < -0.3 is 30.7 Å². The van der Waals surface area contributed by atoms with E-state index in [1.807, 2.05) is 56.1 Å². The Balaban J connectivity index is 1.05. The molecule has 3 atom stereocenters. The molecule has 0 spiro atoms. The number of benzene rings is 2. The van der Waals surface area contributed by atoms with Gasteiger partial charge in [0.2, 0.25) is 5.91 Å². The minimum Gasteiger partial charge on any atom is -0.508 e. The number of hydrogen-bond acceptors (Lipinski definition) is 7. The number of aromatic hydroxyl groups is 2. The van der Waals surface area contributed by atoms with Gasteiger partial charge in [0.1, 0.15) is 11.5 Å². The van der Waals surface area contributed by atoms with Crippen LogP contribution in [0.15, 0.2) is 47.4 Å². The lowest BCUT2D eigenvalue weighted by Crippen LogP contribution is -2.36. The van der Waals surface area contributed by atoms with Crippen LogP contribution in [0.25, 0.3) is 28.0 Å². The molecule has 2 fully saturated rings. The van der Waals surface area contributed by atoms with Crippen molar-refractivity contribution >= 4 is 34.6 Å². The summed E-state index contributed by atoms with van der Waals surface area (Å²) in [5.41, 5.74) is 2.06. The number of phenolic OH excluding ortho intramolecular Hbond substituents is 2. The zero-order valence-electron chi connectivity index (χ0n) is 24.7. The second-order valence-corrected chi connectivity index (χ2v) is 13.0. The van der Waals surface area contributed by atoms with Crippen molar-refractivity contribution in [2.24, 2.45) is 0 Å². The average Bonchev–Trinajstić information content (AvgIpc) is 3.75. The largest absolute Gasteiger partial charge is 0.508 e. The van der Waals surface area contributed by atoms with E-state index >= 15 is 0 Å². The lowest BCUT2D eigenvalue weighted by atomic mass is 9.98. The third-order valence-corrected chi connectivity index (χ3v) is 9.96. The molecule has 232 valence electrons. The Morgan fingerprint density at radius 2 is 1.95 bits per heavy atom. The number of carbonyl (C=O) groups is 2. The molecule has 2 saturated heterocycles. The van der Waals surface area contributed by atoms with Crippen LogP contribution in [0.4, 0.5) is 4.79 Å². The molecule has 3 amide bonds. The van der Waals surface area contributed by atoms with Gasteiger partial charge in [-0.15, -0.1) is 0 Å². The Bertz CT molecular complexity index is 1760. The van der Waals surface area contributed by atoms with Gasteiger partial charge in [0, 0.05) is 53.7 Å². The highest BCUT2D eigenvalue weighted by Crippen LogP contribution is 2.37. The van der Waals surface area contributed by atoms with Crippen molar-refractivity contribution in [3.05, 3.63) is 58.6 Å². The number of aromatic nitrogens is 4. The molecule has 2 aliphatic rings. The molecule has 0 unspecified atom stereocenters. The number of phenols is 2. The number of thioether (sulfide) groups is 1. The molecule has 44 heavy (non-hydrogen) atoms. The predicted octanol–water partition coefficient (Wildman–Crippen LogP) is 3.56. The number of H-pyrrole nitrogens is 1. The molecular formula is C31H37N7O5S. The number of nitrogens with one attached hydrogen (secondary N) is 4. The van der Waals surface area contributed by atoms with Crippen LogP contribution in [0.3, 0.4) is 0 Å². The zero-order chi connectivity index (χ0) is 31.0. The summed E-state index contributed by atoms with van der Waals surface area (Å²) in [5.74, 6) is 1.02. The number of fused-ring (bicyclic) bond motifs is 2. The monoisotopic (exact) mass is 619 g/mol. The summed E-state index contributed by atoms with van der Waals surface area (Å²) in [6.45, 7) is 4.95. The number of hydrogen-bond donors (Lipinski definition) is 6. The van der Waals surface area contributed by atoms with Crippen LogP contribution in [-0.2, 0) is 11.3 Å². The molecule has 0 saturated carbocycles. The molecule has 2 aromatic heterocycles. The van der Waals surface area contributed by atoms with E-state index in [9.17, 15) is 24.6 Å². The highest BCUT2D eigenvalue weighted by molar-refractivity contribution is 8.00. The fourth-order valence-electron chi connectivity index (χ4n) is 6.15. The van der Waals surface area contributed by atoms with E-state index in [4.69, 9.17) is 0 Å². The molecule has 4 heterocycles. The van der Waals surface area contributed by atoms with Gasteiger partial charge in [0.15, 0.2) is 5.82 Å². The maximum absolute atomic E-state index is 12.8. The Hall–Kier alpha value is -4.39. The summed E-state index contributed by atoms with van der Waals surface area (Å²) in [5, 5.41) is 37.8. The van der Waals surface area contributed by atoms with Crippen molar-refractivity contribution in [1.82, 2.24) is 35.3 Å². The van der Waals surface area contributed by atoms with Gasteiger partial charge >= 0.3 is 11.7 Å². The van der Waals surface area contributed by atoms with Gasteiger partial charge in [0.05, 0.1) is 23.3 Å². The SMILES string of the molecule is CC(C)c1cc(-c2n[nH]c(=O)n2-c2ccc3c(ccn3CCNC(=O)CCCC[C@@H]3SC[C@H]4NC(=O)N[C@@H]34)c2)c(O)cc1O. The van der Waals surface area contributed by atoms with Crippen LogP contribution in [0.2, 0.25) is 0 Å². The molecular weight excluding hydrogens is 582 g/mol. The van der Waals surface area contributed by atoms with Crippen LogP contribution in [0.5, 0.6) is 11.5 Å². The third kappa shape index (κ3) is 5.88. The van der Waals surface area contributed by atoms with E-state index in [1.54, 1.807) is 6.07 Å². The third-order valence-electron chi connectivity index (χ3n) is 8.45. The van der Waals surface area contributed by atoms with Crippen molar-refractivity contribution < 1.29 is 19.8 Å². The van der Waals surface area contributed by atoms with E-state index in [-0.39, 0.29) is 47.3 Å². The highest BCUT2D eigenvalue weighted by Gasteiger charge is 2.42. The number of nitrogens with zero attached hydrogens (tertiary/aromatic N) is 3. The van der Waals surface area contributed by atoms with Gasteiger partial charge in [-0.2, -0.15) is 16.9 Å². The molecule has 2 aromatic carbocycles. The van der Waals surface area contributed by atoms with Gasteiger partial charge in [0.25, 0.3) is 0 Å². The molecule has 13 heteroatoms. The van der Waals surface area contributed by atoms with E-state index in [2.05, 4.69) is 30.7 Å². The molecule has 0 radical (unpaired) electrons. The Morgan fingerprint density at radius 3 is 2.77 bits per heavy atom. The minimum absolute atomic E-state index is 0.000356. The summed E-state index contributed by atoms with van der Waals surface area (Å²) < 4.78 is 3.45. The molecule has 6 rings (SSSR count). The summed E-state index contributed by atoms with van der Waals surface area (Å²) in [6, 6.07) is 10.8. The van der Waals surface area contributed by atoms with Crippen LogP contribution in [0.1, 0.15) is 51.0 Å². The second kappa shape index (κ2) is 12.3. The van der Waals surface area contributed by atoms with E-state index in [1.165, 1.54) is 10.6 Å². The fraction of sp³-hybridized carbons (Fsp3) is 0.419. The first-order chi connectivity index (χ1) is 21.2. The second-order valence-electron chi connectivity index (χ2n) is 11.7. The first-order valence-electron chi connectivity index (χ1n) is 15.0. The Kier molecular flexibility index (Phi) is 8.30. The summed E-state index contributed by atoms with van der Waals surface area (Å²) in [6.07, 6.45) is 5.17. The Labute approximate surface area is 258 Å². The lowest BCUT2D eigenvalue weighted by molar-refractivity contribution is -0.121. The number of aromatic amines is 1. The number of carbonyl (C=O) groups excluding carboxylic acids is 2. The highest BCUT2D eigenvalue weighted by atomic mass is 32.2. The van der Waals surface area contributed by atoms with E-state index in [0.717, 1.165) is 35.9 Å². The van der Waals surface area contributed by atoms with Gasteiger partial charge in [-0.3, -0.25) is 4.79 Å². The van der Waals surface area contributed by atoms with Crippen molar-refractivity contribution in [3.63, 3.8) is 0 Å². The van der Waals surface area contributed by atoms with Crippen molar-refractivity contribution in [2.75, 3.05) is 12.3 Å². The molecule has 0 bridgehead atoms. The van der Waals surface area contributed by atoms with Gasteiger partial charge in [-0.25, -0.2) is 19.3 Å². The van der Waals surface area contributed by atoms with Gasteiger partial charge in [-0.05, 0) is 54.7 Å². The van der Waals surface area contributed by atoms with Crippen LogP contribution < -0.4 is 21.6 Å². The number of amides is 3. The minimum atomic E-state index is -0.450. The van der Waals surface area contributed by atoms with Crippen LogP contribution >= 0.6 is 11.8 Å². The van der Waals surface area contributed by atoms with E-state index < -0.39 is 5.69 Å². The summed E-state index contributed by atoms with van der Waals surface area (Å²) in [4.78, 5) is 36.8. The van der Waals surface area contributed by atoms with E-state index in [0.29, 0.717) is 41.6 Å². The first-order valence-corrected chi connectivity index (χ1v) is 16.0. The average molecular weight is 620 g/mol. The van der Waals surface area contributed by atoms with Crippen molar-refractivity contribution in [1.29, 1.82) is 0 Å². The van der Waals surface area contributed by atoms with Crippen LogP contribution in [-0.4, -0.2) is 71.1 Å². The standard InChI is InChI=1S/C31H37N7O5S/c1-17(2)20-14-21(25(40)15-24(20)39)29-35-36-31(43)38(29)19-7-8-23-18(13-19)9-11-37(23)12-10-32-27(41)6-4-3-5-26-28-22(16-44-26)33-30(42)34-28/h7-9,11,13-15,17,22,26,28,39-40H,3-6,10,12,16H2,1-2H3,(H,32,41)(H,36,43)(H2,33,34,42)/t22-,26+,28-/m1/s1. The molecule has 2 aliphatic heterocycles. The number of rotatable bonds is 11. The maximum atomic E-state index is 12.8. The zero-order valence-corrected chi connectivity index (χ0v) is 25.5. The topological polar surface area (TPSA) is 166 Å². The maximum Gasteiger partial charge on any atom is 0.348 e. The van der Waals surface area contributed by atoms with Crippen LogP contribution in [0, 0.1) is 0 Å². The van der Waals surface area contributed by atoms with Crippen molar-refractivity contribution in [2.45, 2.75) is 69.3 Å². The van der Waals surface area contributed by atoms with Crippen molar-refractivity contribution in [3.8, 4) is 28.6 Å². The lowest BCUT2D eigenvalue weighted by Gasteiger charge is -2.16. The predicted molar refractivity (Wildman–Crippen MR) is 170 cm³/mol. The quantitative estimate of drug-likeness (QED) is 0.110. The smallest absolute Gasteiger partial charge is 0.348 e. The fourth-order valence-corrected chi connectivity index (χ4v) is 7.70. The summed E-state index contributed by atoms with van der Waals surface area (Å²) >= 11 is 1.89. The first kappa shape index (κ1) is 29.7. The molecule has 0 aliphatic carbocycles. The number of unbranched alkanes of at least 4 members (excludes halogenated alkanes) is 1. The number of urea groups is 1. The summed E-state index contributed by atoms with van der Waals surface area (Å²) in [7, 11) is 0. The molecule has 12 nitrogen and oxygen atoms in total. The van der Waals surface area contributed by atoms with Gasteiger partial charge in [-0.1, -0.05) is 20.3 Å². The molecule has 4 aromatic rings. The Morgan fingerprint density at radius 1 is 1.11 bits per heavy atom.